The van der Waals surface area contributed by atoms with E-state index in [0.717, 1.165) is 28.8 Å². The van der Waals surface area contributed by atoms with Gasteiger partial charge in [-0.3, -0.25) is 9.69 Å². The lowest BCUT2D eigenvalue weighted by Crippen LogP contribution is -2.31. The van der Waals surface area contributed by atoms with Gasteiger partial charge >= 0.3 is 11.6 Å². The summed E-state index contributed by atoms with van der Waals surface area (Å²) in [4.78, 5) is 26.3. The van der Waals surface area contributed by atoms with Crippen LogP contribution < -0.4 is 10.4 Å². The molecule has 144 valence electrons. The van der Waals surface area contributed by atoms with Crippen molar-refractivity contribution in [1.29, 1.82) is 0 Å². The molecule has 28 heavy (non-hydrogen) atoms. The molecule has 1 aromatic heterocycles. The zero-order valence-electron chi connectivity index (χ0n) is 15.9. The summed E-state index contributed by atoms with van der Waals surface area (Å²) in [6.45, 7) is 3.65. The topological polar surface area (TPSA) is 69.0 Å². The number of aryl methyl sites for hydroxylation is 1. The summed E-state index contributed by atoms with van der Waals surface area (Å²) in [5.41, 5.74) is 3.12. The van der Waals surface area contributed by atoms with Crippen LogP contribution in [-0.4, -0.2) is 24.7 Å². The van der Waals surface area contributed by atoms with Crippen LogP contribution in [0.5, 0.6) is 5.75 Å². The molecule has 0 saturated carbocycles. The van der Waals surface area contributed by atoms with E-state index in [1.54, 1.807) is 0 Å². The monoisotopic (exact) mass is 379 g/mol. The number of ether oxygens (including phenoxy) is 2. The molecule has 0 amide bonds. The average Bonchev–Trinajstić information content (AvgIpc) is 2.71. The molecule has 2 heterocycles. The quantitative estimate of drug-likeness (QED) is 0.512. The zero-order valence-corrected chi connectivity index (χ0v) is 15.9. The fourth-order valence-electron chi connectivity index (χ4n) is 3.57. The molecule has 1 aliphatic rings. The Morgan fingerprint density at radius 2 is 1.96 bits per heavy atom. The Morgan fingerprint density at radius 1 is 1.18 bits per heavy atom. The van der Waals surface area contributed by atoms with Crippen molar-refractivity contribution in [2.75, 3.05) is 13.8 Å². The highest BCUT2D eigenvalue weighted by atomic mass is 16.5. The van der Waals surface area contributed by atoms with Gasteiger partial charge in [-0.25, -0.2) is 4.79 Å². The van der Waals surface area contributed by atoms with Crippen LogP contribution in [0.15, 0.2) is 51.7 Å². The van der Waals surface area contributed by atoms with E-state index in [0.29, 0.717) is 24.4 Å². The van der Waals surface area contributed by atoms with Crippen molar-refractivity contribution in [2.24, 2.45) is 0 Å². The summed E-state index contributed by atoms with van der Waals surface area (Å²) in [6.07, 6.45) is -0.103. The summed E-state index contributed by atoms with van der Waals surface area (Å²) >= 11 is 0. The Labute approximate surface area is 162 Å². The van der Waals surface area contributed by atoms with Gasteiger partial charge in [-0.05, 0) is 30.2 Å². The van der Waals surface area contributed by atoms with Gasteiger partial charge in [-0.15, -0.1) is 0 Å². The Hall–Kier alpha value is -3.12. The number of methoxy groups -OCH3 is 1. The molecule has 0 bridgehead atoms. The maximum atomic E-state index is 12.5. The molecule has 0 radical (unpaired) electrons. The van der Waals surface area contributed by atoms with E-state index >= 15 is 0 Å². The minimum Gasteiger partial charge on any atom is -0.478 e. The van der Waals surface area contributed by atoms with Crippen molar-refractivity contribution in [1.82, 2.24) is 4.90 Å². The van der Waals surface area contributed by atoms with Gasteiger partial charge in [0.05, 0.1) is 24.7 Å². The molecule has 0 unspecified atom stereocenters. The van der Waals surface area contributed by atoms with E-state index < -0.39 is 11.6 Å². The number of nitrogens with zero attached hydrogens (tertiary/aromatic N) is 1. The first-order valence-electron chi connectivity index (χ1n) is 9.11. The number of carbonyl (C=O) groups is 1. The molecule has 0 fully saturated rings. The van der Waals surface area contributed by atoms with Crippen LogP contribution >= 0.6 is 0 Å². The Morgan fingerprint density at radius 3 is 2.71 bits per heavy atom. The van der Waals surface area contributed by atoms with Crippen LogP contribution in [0.2, 0.25) is 0 Å². The Bertz CT molecular complexity index is 1090. The minimum atomic E-state index is -0.510. The predicted octanol–water partition coefficient (Wildman–Crippen LogP) is 3.17. The van der Waals surface area contributed by atoms with Crippen molar-refractivity contribution in [2.45, 2.75) is 26.4 Å². The van der Waals surface area contributed by atoms with E-state index in [1.165, 1.54) is 12.7 Å². The maximum absolute atomic E-state index is 12.5. The summed E-state index contributed by atoms with van der Waals surface area (Å²) in [6, 6.07) is 13.9. The van der Waals surface area contributed by atoms with Gasteiger partial charge in [-0.2, -0.15) is 0 Å². The van der Waals surface area contributed by atoms with Crippen LogP contribution in [-0.2, 0) is 29.0 Å². The Balaban J connectivity index is 1.72. The van der Waals surface area contributed by atoms with Crippen LogP contribution in [0.3, 0.4) is 0 Å². The second kappa shape index (κ2) is 7.48. The molecule has 0 spiro atoms. The van der Waals surface area contributed by atoms with Gasteiger partial charge < -0.3 is 13.9 Å². The van der Waals surface area contributed by atoms with E-state index in [-0.39, 0.29) is 6.42 Å². The van der Waals surface area contributed by atoms with Crippen LogP contribution in [0, 0.1) is 6.92 Å². The van der Waals surface area contributed by atoms with Crippen molar-refractivity contribution >= 4 is 16.9 Å². The summed E-state index contributed by atoms with van der Waals surface area (Å²) < 4.78 is 16.2. The first kappa shape index (κ1) is 18.3. The largest absolute Gasteiger partial charge is 0.478 e. The third kappa shape index (κ3) is 3.39. The molecule has 0 saturated heterocycles. The molecule has 2 aromatic carbocycles. The fourth-order valence-corrected chi connectivity index (χ4v) is 3.57. The smallest absolute Gasteiger partial charge is 0.340 e. The normalized spacial score (nSPS) is 13.8. The summed E-state index contributed by atoms with van der Waals surface area (Å²) in [7, 11) is 1.30. The third-order valence-electron chi connectivity index (χ3n) is 5.10. The average molecular weight is 379 g/mol. The highest BCUT2D eigenvalue weighted by molar-refractivity contribution is 5.87. The molecule has 3 aromatic rings. The number of carbonyl (C=O) groups excluding carboxylic acids is 1. The molecule has 6 nitrogen and oxygen atoms in total. The van der Waals surface area contributed by atoms with Gasteiger partial charge in [0.15, 0.2) is 0 Å². The second-order valence-electron chi connectivity index (χ2n) is 6.91. The lowest BCUT2D eigenvalue weighted by Gasteiger charge is -2.29. The molecule has 0 atom stereocenters. The van der Waals surface area contributed by atoms with Gasteiger partial charge in [0.1, 0.15) is 18.1 Å². The number of fused-ring (bicyclic) bond motifs is 3. The number of hydrogen-bond donors (Lipinski definition) is 0. The van der Waals surface area contributed by atoms with Gasteiger partial charge in [0, 0.05) is 18.5 Å². The van der Waals surface area contributed by atoms with E-state index in [2.05, 4.69) is 17.0 Å². The van der Waals surface area contributed by atoms with Gasteiger partial charge in [0.25, 0.3) is 0 Å². The third-order valence-corrected chi connectivity index (χ3v) is 5.10. The van der Waals surface area contributed by atoms with Crippen molar-refractivity contribution in [3.63, 3.8) is 0 Å². The van der Waals surface area contributed by atoms with Gasteiger partial charge in [-0.1, -0.05) is 30.3 Å². The van der Waals surface area contributed by atoms with Gasteiger partial charge in [0.2, 0.25) is 0 Å². The number of hydrogen-bond acceptors (Lipinski definition) is 6. The lowest BCUT2D eigenvalue weighted by atomic mass is 10.00. The lowest BCUT2D eigenvalue weighted by molar-refractivity contribution is -0.139. The molecule has 0 aliphatic carbocycles. The molecular formula is C22H21NO5. The first-order valence-corrected chi connectivity index (χ1v) is 9.11. The van der Waals surface area contributed by atoms with Crippen molar-refractivity contribution < 1.29 is 18.7 Å². The predicted molar refractivity (Wildman–Crippen MR) is 104 cm³/mol. The molecule has 6 heteroatoms. The molecular weight excluding hydrogens is 358 g/mol. The van der Waals surface area contributed by atoms with Crippen molar-refractivity contribution in [3.05, 3.63) is 75.1 Å². The molecule has 1 aliphatic heterocycles. The van der Waals surface area contributed by atoms with E-state index in [4.69, 9.17) is 13.9 Å². The number of rotatable bonds is 4. The summed E-state index contributed by atoms with van der Waals surface area (Å²) in [5.74, 6) is 0.255. The van der Waals surface area contributed by atoms with E-state index in [9.17, 15) is 9.59 Å². The number of benzene rings is 2. The van der Waals surface area contributed by atoms with Crippen LogP contribution in [0.4, 0.5) is 0 Å². The first-order chi connectivity index (χ1) is 13.6. The Kier molecular flexibility index (Phi) is 4.88. The van der Waals surface area contributed by atoms with Crippen LogP contribution in [0.25, 0.3) is 11.0 Å². The maximum Gasteiger partial charge on any atom is 0.340 e. The number of esters is 1. The molecule has 4 rings (SSSR count). The second-order valence-corrected chi connectivity index (χ2v) is 6.91. The molecule has 0 N–H and O–H groups in total. The van der Waals surface area contributed by atoms with Crippen LogP contribution in [0.1, 0.15) is 22.3 Å². The minimum absolute atomic E-state index is 0.103. The fraction of sp³-hybridized carbons (Fsp3) is 0.273. The zero-order chi connectivity index (χ0) is 19.7. The van der Waals surface area contributed by atoms with E-state index in [1.807, 2.05) is 37.3 Å². The highest BCUT2D eigenvalue weighted by Gasteiger charge is 2.24. The summed E-state index contributed by atoms with van der Waals surface area (Å²) in [5, 5.41) is 0.808. The standard InChI is InChI=1S/C22H21NO5/c1-14-16-8-9-19-18(21(16)28-22(25)17(14)10-20(24)26-2)12-23(13-27-19)11-15-6-4-3-5-7-15/h3-9H,10-13H2,1-2H3. The van der Waals surface area contributed by atoms with Crippen molar-refractivity contribution in [3.8, 4) is 5.75 Å². The highest BCUT2D eigenvalue weighted by Crippen LogP contribution is 2.34. The SMILES string of the molecule is COC(=O)Cc1c(C)c2ccc3c(c2oc1=O)CN(Cc1ccccc1)CO3.